The van der Waals surface area contributed by atoms with Crippen LogP contribution < -0.4 is 0 Å². The van der Waals surface area contributed by atoms with Crippen LogP contribution in [0.15, 0.2) is 28.7 Å². The zero-order chi connectivity index (χ0) is 14.8. The van der Waals surface area contributed by atoms with Crippen LogP contribution in [0.1, 0.15) is 25.3 Å². The molecule has 0 fully saturated rings. The van der Waals surface area contributed by atoms with Gasteiger partial charge in [0.1, 0.15) is 0 Å². The number of aliphatic hydroxyl groups is 1. The Morgan fingerprint density at radius 3 is 2.45 bits per heavy atom. The van der Waals surface area contributed by atoms with E-state index in [4.69, 9.17) is 4.42 Å². The topological polar surface area (TPSA) is 62.4 Å². The van der Waals surface area contributed by atoms with Crippen molar-refractivity contribution in [1.82, 2.24) is 15.1 Å². The number of hydrogen-bond donors (Lipinski definition) is 1. The van der Waals surface area contributed by atoms with Crippen molar-refractivity contribution in [3.05, 3.63) is 35.7 Å². The number of aromatic nitrogens is 2. The SMILES string of the molecule is Cc1ccc(-c2nnc(CN(C)CC(C)(C)O)o2)cc1. The molecule has 1 N–H and O–H groups in total. The van der Waals surface area contributed by atoms with E-state index in [0.29, 0.717) is 24.9 Å². The van der Waals surface area contributed by atoms with Gasteiger partial charge in [0.2, 0.25) is 11.8 Å². The Labute approximate surface area is 119 Å². The standard InChI is InChI=1S/C15H21N3O2/c1-11-5-7-12(8-6-11)14-17-16-13(20-14)9-18(4)10-15(2,3)19/h5-8,19H,9-10H2,1-4H3. The summed E-state index contributed by atoms with van der Waals surface area (Å²) in [6.45, 7) is 6.64. The first kappa shape index (κ1) is 14.7. The van der Waals surface area contributed by atoms with Crippen molar-refractivity contribution in [3.8, 4) is 11.5 Å². The molecule has 2 rings (SSSR count). The van der Waals surface area contributed by atoms with Crippen LogP contribution in [0, 0.1) is 6.92 Å². The summed E-state index contributed by atoms with van der Waals surface area (Å²) < 4.78 is 5.65. The summed E-state index contributed by atoms with van der Waals surface area (Å²) >= 11 is 0. The van der Waals surface area contributed by atoms with Gasteiger partial charge in [-0.15, -0.1) is 10.2 Å². The number of benzene rings is 1. The van der Waals surface area contributed by atoms with Crippen molar-refractivity contribution in [1.29, 1.82) is 0 Å². The Kier molecular flexibility index (Phi) is 4.20. The second-order valence-electron chi connectivity index (χ2n) is 5.85. The first-order chi connectivity index (χ1) is 9.33. The molecule has 1 aromatic carbocycles. The average molecular weight is 275 g/mol. The average Bonchev–Trinajstić information content (AvgIpc) is 2.75. The van der Waals surface area contributed by atoms with Gasteiger partial charge in [0.05, 0.1) is 12.1 Å². The van der Waals surface area contributed by atoms with Crippen LogP contribution in [0.2, 0.25) is 0 Å². The lowest BCUT2D eigenvalue weighted by Gasteiger charge is -2.23. The van der Waals surface area contributed by atoms with Crippen LogP contribution >= 0.6 is 0 Å². The van der Waals surface area contributed by atoms with Crippen LogP contribution in [-0.2, 0) is 6.54 Å². The lowest BCUT2D eigenvalue weighted by atomic mass is 10.1. The zero-order valence-corrected chi connectivity index (χ0v) is 12.4. The maximum absolute atomic E-state index is 9.77. The molecule has 2 aromatic rings. The van der Waals surface area contributed by atoms with Crippen LogP contribution in [0.5, 0.6) is 0 Å². The second kappa shape index (κ2) is 5.73. The van der Waals surface area contributed by atoms with Crippen molar-refractivity contribution in [2.45, 2.75) is 32.9 Å². The lowest BCUT2D eigenvalue weighted by Crippen LogP contribution is -2.35. The van der Waals surface area contributed by atoms with Crippen LogP contribution in [0.3, 0.4) is 0 Å². The third kappa shape index (κ3) is 4.15. The summed E-state index contributed by atoms with van der Waals surface area (Å²) in [6, 6.07) is 7.96. The number of rotatable bonds is 5. The highest BCUT2D eigenvalue weighted by atomic mass is 16.4. The Morgan fingerprint density at radius 1 is 1.20 bits per heavy atom. The van der Waals surface area contributed by atoms with Gasteiger partial charge < -0.3 is 9.52 Å². The third-order valence-corrected chi connectivity index (χ3v) is 2.83. The predicted molar refractivity (Wildman–Crippen MR) is 77.1 cm³/mol. The number of likely N-dealkylation sites (N-methyl/N-ethyl adjacent to an activating group) is 1. The molecule has 0 aliphatic heterocycles. The first-order valence-electron chi connectivity index (χ1n) is 6.64. The molecule has 0 atom stereocenters. The predicted octanol–water partition coefficient (Wildman–Crippen LogP) is 2.25. The second-order valence-corrected chi connectivity index (χ2v) is 5.85. The summed E-state index contributed by atoms with van der Waals surface area (Å²) in [4.78, 5) is 1.95. The van der Waals surface area contributed by atoms with Crippen LogP contribution in [0.4, 0.5) is 0 Å². The molecule has 1 heterocycles. The molecule has 108 valence electrons. The minimum atomic E-state index is -0.742. The third-order valence-electron chi connectivity index (χ3n) is 2.83. The molecule has 0 unspecified atom stereocenters. The van der Waals surface area contributed by atoms with E-state index in [0.717, 1.165) is 5.56 Å². The molecule has 0 spiro atoms. The summed E-state index contributed by atoms with van der Waals surface area (Å²) in [6.07, 6.45) is 0. The van der Waals surface area contributed by atoms with E-state index in [1.165, 1.54) is 5.56 Å². The van der Waals surface area contributed by atoms with Crippen LogP contribution in [-0.4, -0.2) is 39.4 Å². The largest absolute Gasteiger partial charge is 0.419 e. The van der Waals surface area contributed by atoms with E-state index < -0.39 is 5.60 Å². The van der Waals surface area contributed by atoms with Gasteiger partial charge in [-0.1, -0.05) is 17.7 Å². The number of hydrogen-bond acceptors (Lipinski definition) is 5. The van der Waals surface area contributed by atoms with Crippen molar-refractivity contribution in [2.24, 2.45) is 0 Å². The van der Waals surface area contributed by atoms with E-state index in [-0.39, 0.29) is 0 Å². The Balaban J connectivity index is 2.04. The van der Waals surface area contributed by atoms with Crippen molar-refractivity contribution < 1.29 is 9.52 Å². The van der Waals surface area contributed by atoms with Gasteiger partial charge in [0.15, 0.2) is 0 Å². The highest BCUT2D eigenvalue weighted by Crippen LogP contribution is 2.18. The van der Waals surface area contributed by atoms with Gasteiger partial charge in [-0.05, 0) is 40.0 Å². The molecule has 1 aromatic heterocycles. The van der Waals surface area contributed by atoms with Gasteiger partial charge >= 0.3 is 0 Å². The van der Waals surface area contributed by atoms with Gasteiger partial charge in [0.25, 0.3) is 0 Å². The molecule has 0 aliphatic carbocycles. The van der Waals surface area contributed by atoms with E-state index in [1.54, 1.807) is 13.8 Å². The lowest BCUT2D eigenvalue weighted by molar-refractivity contribution is 0.0403. The summed E-state index contributed by atoms with van der Waals surface area (Å²) in [5.74, 6) is 1.07. The molecular formula is C15H21N3O2. The first-order valence-corrected chi connectivity index (χ1v) is 6.64. The fourth-order valence-electron chi connectivity index (χ4n) is 2.08. The summed E-state index contributed by atoms with van der Waals surface area (Å²) in [5, 5.41) is 17.9. The zero-order valence-electron chi connectivity index (χ0n) is 12.4. The number of aryl methyl sites for hydroxylation is 1. The fraction of sp³-hybridized carbons (Fsp3) is 0.467. The molecular weight excluding hydrogens is 254 g/mol. The smallest absolute Gasteiger partial charge is 0.247 e. The van der Waals surface area contributed by atoms with E-state index in [2.05, 4.69) is 10.2 Å². The van der Waals surface area contributed by atoms with Gasteiger partial charge in [-0.25, -0.2) is 0 Å². The highest BCUT2D eigenvalue weighted by molar-refractivity contribution is 5.52. The molecule has 5 nitrogen and oxygen atoms in total. The maximum Gasteiger partial charge on any atom is 0.247 e. The molecule has 5 heteroatoms. The van der Waals surface area contributed by atoms with Gasteiger partial charge in [-0.2, -0.15) is 0 Å². The molecule has 0 saturated carbocycles. The molecule has 20 heavy (non-hydrogen) atoms. The molecule has 0 amide bonds. The van der Waals surface area contributed by atoms with Crippen LogP contribution in [0.25, 0.3) is 11.5 Å². The minimum absolute atomic E-state index is 0.517. The monoisotopic (exact) mass is 275 g/mol. The maximum atomic E-state index is 9.77. The Bertz CT molecular complexity index is 555. The minimum Gasteiger partial charge on any atom is -0.419 e. The fourth-order valence-corrected chi connectivity index (χ4v) is 2.08. The van der Waals surface area contributed by atoms with E-state index in [9.17, 15) is 5.11 Å². The van der Waals surface area contributed by atoms with Crippen molar-refractivity contribution in [2.75, 3.05) is 13.6 Å². The summed E-state index contributed by atoms with van der Waals surface area (Å²) in [7, 11) is 1.91. The quantitative estimate of drug-likeness (QED) is 0.906. The Morgan fingerprint density at radius 2 is 1.85 bits per heavy atom. The van der Waals surface area contributed by atoms with Crippen molar-refractivity contribution >= 4 is 0 Å². The van der Waals surface area contributed by atoms with Crippen molar-refractivity contribution in [3.63, 3.8) is 0 Å². The van der Waals surface area contributed by atoms with Gasteiger partial charge in [-0.3, -0.25) is 4.90 Å². The number of nitrogens with zero attached hydrogens (tertiary/aromatic N) is 3. The Hall–Kier alpha value is -1.72. The summed E-state index contributed by atoms with van der Waals surface area (Å²) in [5.41, 5.74) is 1.37. The van der Waals surface area contributed by atoms with E-state index >= 15 is 0 Å². The van der Waals surface area contributed by atoms with Gasteiger partial charge in [0, 0.05) is 12.1 Å². The molecule has 0 bridgehead atoms. The molecule has 0 radical (unpaired) electrons. The normalized spacial score (nSPS) is 12.1. The van der Waals surface area contributed by atoms with E-state index in [1.807, 2.05) is 43.1 Å². The highest BCUT2D eigenvalue weighted by Gasteiger charge is 2.17. The molecule has 0 saturated heterocycles. The molecule has 0 aliphatic rings.